The molecular weight excluding hydrogens is 633 g/mol. The summed E-state index contributed by atoms with van der Waals surface area (Å²) >= 11 is 0. The van der Waals surface area contributed by atoms with Crippen LogP contribution in [0.3, 0.4) is 0 Å². The maximum atomic E-state index is 7.77. The summed E-state index contributed by atoms with van der Waals surface area (Å²) in [7, 11) is 0. The van der Waals surface area contributed by atoms with Crippen LogP contribution in [0.5, 0.6) is 0 Å². The number of para-hydroxylation sites is 5. The van der Waals surface area contributed by atoms with Crippen molar-refractivity contribution in [1.29, 1.82) is 0 Å². The van der Waals surface area contributed by atoms with Gasteiger partial charge in [-0.15, -0.1) is 0 Å². The second-order valence-electron chi connectivity index (χ2n) is 13.1. The number of rotatable bonds is 5. The normalized spacial score (nSPS) is 11.4. The number of hydrogen-bond acceptors (Lipinski definition) is 1. The number of benzene rings is 7. The Morgan fingerprint density at radius 3 is 1.65 bits per heavy atom. The van der Waals surface area contributed by atoms with Crippen LogP contribution in [0.4, 0.5) is 5.69 Å². The van der Waals surface area contributed by atoms with Gasteiger partial charge in [0.1, 0.15) is 0 Å². The van der Waals surface area contributed by atoms with E-state index < -0.39 is 0 Å². The molecule has 4 heteroatoms. The molecule has 10 aromatic rings. The van der Waals surface area contributed by atoms with Gasteiger partial charge in [0.2, 0.25) is 0 Å². The lowest BCUT2D eigenvalue weighted by Crippen LogP contribution is -1.97. The molecule has 0 radical (unpaired) electrons. The third kappa shape index (κ3) is 4.72. The van der Waals surface area contributed by atoms with Crippen LogP contribution in [-0.4, -0.2) is 14.1 Å². The highest BCUT2D eigenvalue weighted by molar-refractivity contribution is 6.11. The summed E-state index contributed by atoms with van der Waals surface area (Å²) in [6.07, 6.45) is 0. The molecule has 242 valence electrons. The number of aromatic nitrogens is 3. The van der Waals surface area contributed by atoms with Gasteiger partial charge in [0.05, 0.1) is 40.0 Å². The van der Waals surface area contributed by atoms with Gasteiger partial charge in [-0.05, 0) is 83.9 Å². The van der Waals surface area contributed by atoms with Gasteiger partial charge in [-0.3, -0.25) is 0 Å². The summed E-state index contributed by atoms with van der Waals surface area (Å²) in [6, 6.07) is 63.9. The highest BCUT2D eigenvalue weighted by Gasteiger charge is 2.17. The molecule has 0 saturated heterocycles. The van der Waals surface area contributed by atoms with Crippen molar-refractivity contribution in [3.63, 3.8) is 0 Å². The van der Waals surface area contributed by atoms with Gasteiger partial charge >= 0.3 is 0 Å². The van der Waals surface area contributed by atoms with E-state index in [1.165, 1.54) is 32.6 Å². The Balaban J connectivity index is 1.23. The van der Waals surface area contributed by atoms with Gasteiger partial charge in [0.15, 0.2) is 5.69 Å². The molecule has 0 spiro atoms. The standard InChI is InChI=1S/C48H30N4/c1-49-43-20-9-5-19-40(43)44-22-13-21-42(50-44)34-28-33(29-36(30-34)52-45-23-10-6-16-37(45)38-17-7-11-24-46(38)52)32-26-27-48-41(31-32)39-18-8-12-25-47(39)51(48)35-14-3-2-4-15-35/h2-31H. The first-order valence-corrected chi connectivity index (χ1v) is 17.4. The summed E-state index contributed by atoms with van der Waals surface area (Å²) in [6.45, 7) is 7.77. The third-order valence-corrected chi connectivity index (χ3v) is 10.1. The van der Waals surface area contributed by atoms with E-state index in [9.17, 15) is 0 Å². The first-order chi connectivity index (χ1) is 25.7. The van der Waals surface area contributed by atoms with Crippen LogP contribution in [0.2, 0.25) is 0 Å². The van der Waals surface area contributed by atoms with E-state index >= 15 is 0 Å². The maximum absolute atomic E-state index is 7.77. The Morgan fingerprint density at radius 1 is 0.385 bits per heavy atom. The van der Waals surface area contributed by atoms with Gasteiger partial charge in [0.25, 0.3) is 0 Å². The predicted octanol–water partition coefficient (Wildman–Crippen LogP) is 12.8. The third-order valence-electron chi connectivity index (χ3n) is 10.1. The molecule has 0 aliphatic carbocycles. The monoisotopic (exact) mass is 662 g/mol. The molecule has 10 rings (SSSR count). The minimum atomic E-state index is 0.592. The Labute approximate surface area is 300 Å². The molecule has 3 aromatic heterocycles. The Kier molecular flexibility index (Phi) is 6.84. The van der Waals surface area contributed by atoms with Gasteiger partial charge in [0, 0.05) is 44.0 Å². The minimum Gasteiger partial charge on any atom is -0.309 e. The molecule has 0 fully saturated rings. The van der Waals surface area contributed by atoms with E-state index in [2.05, 4.69) is 160 Å². The quantitative estimate of drug-likeness (QED) is 0.169. The molecule has 7 aromatic carbocycles. The molecule has 0 atom stereocenters. The summed E-state index contributed by atoms with van der Waals surface area (Å²) in [4.78, 5) is 8.96. The molecule has 0 bridgehead atoms. The molecule has 52 heavy (non-hydrogen) atoms. The highest BCUT2D eigenvalue weighted by atomic mass is 15.0. The molecule has 0 aliphatic rings. The van der Waals surface area contributed by atoms with Crippen LogP contribution in [0, 0.1) is 6.57 Å². The second-order valence-corrected chi connectivity index (χ2v) is 13.1. The molecule has 0 aliphatic heterocycles. The number of hydrogen-bond donors (Lipinski definition) is 0. The van der Waals surface area contributed by atoms with Crippen molar-refractivity contribution >= 4 is 49.3 Å². The largest absolute Gasteiger partial charge is 0.309 e. The van der Waals surface area contributed by atoms with Crippen LogP contribution >= 0.6 is 0 Å². The van der Waals surface area contributed by atoms with Gasteiger partial charge in [-0.1, -0.05) is 109 Å². The lowest BCUT2D eigenvalue weighted by atomic mass is 9.98. The molecule has 4 nitrogen and oxygen atoms in total. The summed E-state index contributed by atoms with van der Waals surface area (Å²) in [5, 5.41) is 4.86. The van der Waals surface area contributed by atoms with E-state index in [4.69, 9.17) is 11.6 Å². The molecule has 0 N–H and O–H groups in total. The molecule has 0 unspecified atom stereocenters. The lowest BCUT2D eigenvalue weighted by molar-refractivity contribution is 1.18. The maximum Gasteiger partial charge on any atom is 0.196 e. The van der Waals surface area contributed by atoms with Crippen molar-refractivity contribution in [3.05, 3.63) is 193 Å². The van der Waals surface area contributed by atoms with Crippen LogP contribution in [0.1, 0.15) is 0 Å². The zero-order valence-electron chi connectivity index (χ0n) is 28.1. The molecule has 0 saturated carbocycles. The van der Waals surface area contributed by atoms with Crippen LogP contribution in [0.25, 0.3) is 93.5 Å². The second kappa shape index (κ2) is 12.0. The van der Waals surface area contributed by atoms with Crippen LogP contribution in [-0.2, 0) is 0 Å². The van der Waals surface area contributed by atoms with Crippen LogP contribution in [0.15, 0.2) is 182 Å². The topological polar surface area (TPSA) is 27.1 Å². The zero-order valence-corrected chi connectivity index (χ0v) is 28.1. The van der Waals surface area contributed by atoms with Crippen molar-refractivity contribution in [1.82, 2.24) is 14.1 Å². The smallest absolute Gasteiger partial charge is 0.196 e. The van der Waals surface area contributed by atoms with Crippen molar-refractivity contribution < 1.29 is 0 Å². The van der Waals surface area contributed by atoms with E-state index in [0.717, 1.165) is 56.0 Å². The number of nitrogens with zero attached hydrogens (tertiary/aromatic N) is 4. The van der Waals surface area contributed by atoms with E-state index in [1.54, 1.807) is 0 Å². The Bertz CT molecular complexity index is 2980. The fraction of sp³-hybridized carbons (Fsp3) is 0. The Morgan fingerprint density at radius 2 is 0.942 bits per heavy atom. The van der Waals surface area contributed by atoms with Gasteiger partial charge in [-0.25, -0.2) is 9.83 Å². The zero-order chi connectivity index (χ0) is 34.6. The van der Waals surface area contributed by atoms with E-state index in [0.29, 0.717) is 5.69 Å². The average molecular weight is 663 g/mol. The van der Waals surface area contributed by atoms with Crippen molar-refractivity contribution in [2.75, 3.05) is 0 Å². The lowest BCUT2D eigenvalue weighted by Gasteiger charge is -2.15. The summed E-state index contributed by atoms with van der Waals surface area (Å²) in [5.41, 5.74) is 13.1. The summed E-state index contributed by atoms with van der Waals surface area (Å²) in [5.74, 6) is 0. The Hall–Kier alpha value is -7.22. The summed E-state index contributed by atoms with van der Waals surface area (Å²) < 4.78 is 4.72. The number of pyridine rings is 1. The first kappa shape index (κ1) is 29.7. The fourth-order valence-electron chi connectivity index (χ4n) is 7.80. The number of fused-ring (bicyclic) bond motifs is 6. The van der Waals surface area contributed by atoms with E-state index in [-0.39, 0.29) is 0 Å². The SMILES string of the molecule is [C-]#[N+]c1ccccc1-c1cccc(-c2cc(-c3ccc4c(c3)c3ccccc3n4-c3ccccc3)cc(-n3c4ccccc4c4ccccc43)c2)n1. The molecule has 3 heterocycles. The first-order valence-electron chi connectivity index (χ1n) is 17.4. The van der Waals surface area contributed by atoms with Gasteiger partial charge in [-0.2, -0.15) is 0 Å². The molecule has 0 amide bonds. The van der Waals surface area contributed by atoms with Gasteiger partial charge < -0.3 is 9.13 Å². The van der Waals surface area contributed by atoms with Crippen molar-refractivity contribution in [2.45, 2.75) is 0 Å². The fourth-order valence-corrected chi connectivity index (χ4v) is 7.80. The van der Waals surface area contributed by atoms with E-state index in [1.807, 2.05) is 36.4 Å². The van der Waals surface area contributed by atoms with Crippen molar-refractivity contribution in [2.24, 2.45) is 0 Å². The molecular formula is C48H30N4. The minimum absolute atomic E-state index is 0.592. The highest BCUT2D eigenvalue weighted by Crippen LogP contribution is 2.39. The van der Waals surface area contributed by atoms with Crippen LogP contribution < -0.4 is 0 Å². The predicted molar refractivity (Wildman–Crippen MR) is 215 cm³/mol. The average Bonchev–Trinajstić information content (AvgIpc) is 3.74. The van der Waals surface area contributed by atoms with Crippen molar-refractivity contribution in [3.8, 4) is 45.0 Å².